The lowest BCUT2D eigenvalue weighted by atomic mass is 9.99. The monoisotopic (exact) mass is 263 g/mol. The zero-order chi connectivity index (χ0) is 13.8. The molecule has 0 saturated carbocycles. The highest BCUT2D eigenvalue weighted by atomic mass is 19.1. The van der Waals surface area contributed by atoms with Crippen LogP contribution in [0.15, 0.2) is 24.8 Å². The lowest BCUT2D eigenvalue weighted by Gasteiger charge is -2.23. The predicted molar refractivity (Wildman–Crippen MR) is 76.5 cm³/mol. The Bertz CT molecular complexity index is 458. The van der Waals surface area contributed by atoms with E-state index >= 15 is 0 Å². The first kappa shape index (κ1) is 14.2. The molecule has 0 unspecified atom stereocenters. The van der Waals surface area contributed by atoms with Crippen LogP contribution in [0, 0.1) is 12.7 Å². The zero-order valence-corrected chi connectivity index (χ0v) is 11.5. The molecule has 1 atom stereocenters. The first-order valence-corrected chi connectivity index (χ1v) is 6.91. The van der Waals surface area contributed by atoms with Crippen LogP contribution in [-0.4, -0.2) is 35.7 Å². The van der Waals surface area contributed by atoms with Gasteiger partial charge in [0, 0.05) is 12.6 Å². The van der Waals surface area contributed by atoms with Gasteiger partial charge in [-0.2, -0.15) is 0 Å². The maximum absolute atomic E-state index is 13.3. The van der Waals surface area contributed by atoms with E-state index in [9.17, 15) is 9.50 Å². The van der Waals surface area contributed by atoms with Crippen molar-refractivity contribution in [3.63, 3.8) is 0 Å². The summed E-state index contributed by atoms with van der Waals surface area (Å²) in [6.45, 7) is 8.22. The second kappa shape index (κ2) is 6.31. The number of likely N-dealkylation sites (tertiary alicyclic amines) is 1. The standard InChI is InChI=1S/C16H22FNO/c1-12-5-6-14(17)10-16(12)13(2)7-9-18-8-3-4-15(18)11-19/h5-6,10,15,19H,2-4,7-9,11H2,1H3/t15-/m0/s1. The molecule has 2 nitrogen and oxygen atoms in total. The molecule has 104 valence electrons. The normalized spacial score (nSPS) is 19.8. The summed E-state index contributed by atoms with van der Waals surface area (Å²) in [7, 11) is 0. The number of benzene rings is 1. The summed E-state index contributed by atoms with van der Waals surface area (Å²) in [5.41, 5.74) is 2.95. The highest BCUT2D eigenvalue weighted by Gasteiger charge is 2.23. The lowest BCUT2D eigenvalue weighted by Crippen LogP contribution is -2.33. The molecule has 3 heteroatoms. The van der Waals surface area contributed by atoms with Gasteiger partial charge in [-0.1, -0.05) is 12.6 Å². The number of nitrogens with zero attached hydrogens (tertiary/aromatic N) is 1. The Morgan fingerprint density at radius 3 is 3.05 bits per heavy atom. The van der Waals surface area contributed by atoms with Gasteiger partial charge in [-0.3, -0.25) is 4.90 Å². The van der Waals surface area contributed by atoms with Crippen molar-refractivity contribution in [1.82, 2.24) is 4.90 Å². The van der Waals surface area contributed by atoms with E-state index in [2.05, 4.69) is 11.5 Å². The fraction of sp³-hybridized carbons (Fsp3) is 0.500. The fourth-order valence-corrected chi connectivity index (χ4v) is 2.78. The van der Waals surface area contributed by atoms with Crippen molar-refractivity contribution >= 4 is 5.57 Å². The van der Waals surface area contributed by atoms with Crippen molar-refractivity contribution < 1.29 is 9.50 Å². The van der Waals surface area contributed by atoms with Gasteiger partial charge in [0.2, 0.25) is 0 Å². The quantitative estimate of drug-likeness (QED) is 0.882. The van der Waals surface area contributed by atoms with Crippen molar-refractivity contribution in [1.29, 1.82) is 0 Å². The highest BCUT2D eigenvalue weighted by molar-refractivity contribution is 5.66. The SMILES string of the molecule is C=C(CCN1CCC[C@H]1CO)c1cc(F)ccc1C. The van der Waals surface area contributed by atoms with Gasteiger partial charge in [-0.05, 0) is 61.6 Å². The van der Waals surface area contributed by atoms with Gasteiger partial charge in [0.05, 0.1) is 6.61 Å². The summed E-state index contributed by atoms with van der Waals surface area (Å²) < 4.78 is 13.3. The van der Waals surface area contributed by atoms with E-state index in [0.717, 1.165) is 49.1 Å². The molecular formula is C16H22FNO. The van der Waals surface area contributed by atoms with Crippen LogP contribution >= 0.6 is 0 Å². The number of hydrogen-bond acceptors (Lipinski definition) is 2. The molecule has 2 rings (SSSR count). The number of aryl methyl sites for hydroxylation is 1. The minimum absolute atomic E-state index is 0.212. The van der Waals surface area contributed by atoms with Crippen LogP contribution in [0.4, 0.5) is 4.39 Å². The molecule has 1 N–H and O–H groups in total. The van der Waals surface area contributed by atoms with Crippen molar-refractivity contribution in [2.24, 2.45) is 0 Å². The van der Waals surface area contributed by atoms with Crippen LogP contribution < -0.4 is 0 Å². The second-order valence-corrected chi connectivity index (χ2v) is 5.33. The average molecular weight is 263 g/mol. The molecule has 0 aromatic heterocycles. The lowest BCUT2D eigenvalue weighted by molar-refractivity contribution is 0.161. The van der Waals surface area contributed by atoms with Gasteiger partial charge in [-0.15, -0.1) is 0 Å². The molecule has 1 aromatic carbocycles. The molecule has 1 aliphatic heterocycles. The smallest absolute Gasteiger partial charge is 0.123 e. The van der Waals surface area contributed by atoms with Gasteiger partial charge >= 0.3 is 0 Å². The maximum atomic E-state index is 13.3. The van der Waals surface area contributed by atoms with E-state index in [1.807, 2.05) is 6.92 Å². The Hall–Kier alpha value is -1.19. The number of aliphatic hydroxyl groups excluding tert-OH is 1. The molecule has 0 spiro atoms. The third kappa shape index (κ3) is 3.43. The summed E-state index contributed by atoms with van der Waals surface area (Å²) in [5.74, 6) is -0.212. The minimum atomic E-state index is -0.212. The fourth-order valence-electron chi connectivity index (χ4n) is 2.78. The predicted octanol–water partition coefficient (Wildman–Crippen LogP) is 2.99. The average Bonchev–Trinajstić information content (AvgIpc) is 2.86. The molecule has 1 heterocycles. The molecule has 0 aliphatic carbocycles. The van der Waals surface area contributed by atoms with E-state index in [4.69, 9.17) is 0 Å². The molecule has 1 saturated heterocycles. The van der Waals surface area contributed by atoms with E-state index in [1.54, 1.807) is 12.1 Å². The van der Waals surface area contributed by atoms with Gasteiger partial charge in [0.15, 0.2) is 0 Å². The molecule has 1 aliphatic rings. The maximum Gasteiger partial charge on any atom is 0.123 e. The molecule has 1 fully saturated rings. The summed E-state index contributed by atoms with van der Waals surface area (Å²) in [6.07, 6.45) is 3.04. The Morgan fingerprint density at radius 2 is 2.32 bits per heavy atom. The van der Waals surface area contributed by atoms with E-state index < -0.39 is 0 Å². The van der Waals surface area contributed by atoms with E-state index in [1.165, 1.54) is 6.07 Å². The van der Waals surface area contributed by atoms with Gasteiger partial charge < -0.3 is 5.11 Å². The van der Waals surface area contributed by atoms with Crippen molar-refractivity contribution in [2.75, 3.05) is 19.7 Å². The van der Waals surface area contributed by atoms with E-state index in [-0.39, 0.29) is 12.4 Å². The Kier molecular flexibility index (Phi) is 4.72. The first-order chi connectivity index (χ1) is 9.11. The van der Waals surface area contributed by atoms with Gasteiger partial charge in [-0.25, -0.2) is 4.39 Å². The largest absolute Gasteiger partial charge is 0.395 e. The Labute approximate surface area is 114 Å². The van der Waals surface area contributed by atoms with Crippen LogP contribution in [0.2, 0.25) is 0 Å². The van der Waals surface area contributed by atoms with Crippen LogP contribution in [0.1, 0.15) is 30.4 Å². The zero-order valence-electron chi connectivity index (χ0n) is 11.5. The van der Waals surface area contributed by atoms with E-state index in [0.29, 0.717) is 6.04 Å². The third-order valence-corrected chi connectivity index (χ3v) is 3.99. The number of hydrogen-bond donors (Lipinski definition) is 1. The molecule has 19 heavy (non-hydrogen) atoms. The Balaban J connectivity index is 1.96. The summed E-state index contributed by atoms with van der Waals surface area (Å²) in [6, 6.07) is 5.13. The van der Waals surface area contributed by atoms with Gasteiger partial charge in [0.1, 0.15) is 5.82 Å². The second-order valence-electron chi connectivity index (χ2n) is 5.33. The van der Waals surface area contributed by atoms with Crippen molar-refractivity contribution in [3.05, 3.63) is 41.7 Å². The number of halogens is 1. The number of rotatable bonds is 5. The molecule has 1 aromatic rings. The third-order valence-electron chi connectivity index (χ3n) is 3.99. The van der Waals surface area contributed by atoms with Gasteiger partial charge in [0.25, 0.3) is 0 Å². The topological polar surface area (TPSA) is 23.5 Å². The highest BCUT2D eigenvalue weighted by Crippen LogP contribution is 2.24. The molecule has 0 amide bonds. The van der Waals surface area contributed by atoms with Crippen molar-refractivity contribution in [3.8, 4) is 0 Å². The van der Waals surface area contributed by atoms with Crippen LogP contribution in [0.5, 0.6) is 0 Å². The Morgan fingerprint density at radius 1 is 1.53 bits per heavy atom. The summed E-state index contributed by atoms with van der Waals surface area (Å²) in [4.78, 5) is 2.31. The summed E-state index contributed by atoms with van der Waals surface area (Å²) in [5, 5.41) is 9.29. The number of aliphatic hydroxyl groups is 1. The minimum Gasteiger partial charge on any atom is -0.395 e. The van der Waals surface area contributed by atoms with Crippen LogP contribution in [-0.2, 0) is 0 Å². The molecule has 0 radical (unpaired) electrons. The molecular weight excluding hydrogens is 241 g/mol. The first-order valence-electron chi connectivity index (χ1n) is 6.91. The summed E-state index contributed by atoms with van der Waals surface area (Å²) >= 11 is 0. The van der Waals surface area contributed by atoms with Crippen LogP contribution in [0.3, 0.4) is 0 Å². The van der Waals surface area contributed by atoms with Crippen molar-refractivity contribution in [2.45, 2.75) is 32.2 Å². The molecule has 0 bridgehead atoms. The van der Waals surface area contributed by atoms with Crippen LogP contribution in [0.25, 0.3) is 5.57 Å².